The first kappa shape index (κ1) is 13.3. The van der Waals surface area contributed by atoms with E-state index in [1.807, 2.05) is 11.8 Å². The van der Waals surface area contributed by atoms with Gasteiger partial charge in [-0.15, -0.1) is 0 Å². The number of nitrogens with two attached hydrogens (primary N) is 1. The maximum atomic E-state index is 5.75. The molecule has 0 amide bonds. The van der Waals surface area contributed by atoms with Crippen molar-refractivity contribution in [1.29, 1.82) is 0 Å². The molecule has 0 bridgehead atoms. The van der Waals surface area contributed by atoms with E-state index in [2.05, 4.69) is 25.7 Å². The SMILES string of the molecule is CC(CN)SCC1CN(C(C)C)CCO1. The van der Waals surface area contributed by atoms with Gasteiger partial charge in [-0.05, 0) is 13.8 Å². The molecule has 1 aliphatic rings. The van der Waals surface area contributed by atoms with Gasteiger partial charge in [-0.2, -0.15) is 11.8 Å². The monoisotopic (exact) mass is 232 g/mol. The Hall–Kier alpha value is 0.230. The minimum absolute atomic E-state index is 0.389. The van der Waals surface area contributed by atoms with Crippen LogP contribution in [0.1, 0.15) is 20.8 Å². The van der Waals surface area contributed by atoms with Crippen molar-refractivity contribution in [1.82, 2.24) is 4.90 Å². The summed E-state index contributed by atoms with van der Waals surface area (Å²) in [5.41, 5.74) is 5.59. The van der Waals surface area contributed by atoms with Crippen molar-refractivity contribution in [2.24, 2.45) is 5.73 Å². The van der Waals surface area contributed by atoms with E-state index >= 15 is 0 Å². The van der Waals surface area contributed by atoms with E-state index in [0.29, 0.717) is 17.4 Å². The summed E-state index contributed by atoms with van der Waals surface area (Å²) >= 11 is 1.92. The second kappa shape index (κ2) is 6.74. The fourth-order valence-electron chi connectivity index (χ4n) is 1.65. The lowest BCUT2D eigenvalue weighted by molar-refractivity contribution is -0.0265. The molecule has 4 heteroatoms. The van der Waals surface area contributed by atoms with Gasteiger partial charge in [0.2, 0.25) is 0 Å². The highest BCUT2D eigenvalue weighted by atomic mass is 32.2. The second-order valence-electron chi connectivity index (χ2n) is 4.46. The summed E-state index contributed by atoms with van der Waals surface area (Å²) in [4.78, 5) is 2.49. The third kappa shape index (κ3) is 4.72. The van der Waals surface area contributed by atoms with Crippen molar-refractivity contribution in [3.05, 3.63) is 0 Å². The molecule has 1 fully saturated rings. The Kier molecular flexibility index (Phi) is 5.97. The van der Waals surface area contributed by atoms with E-state index in [1.54, 1.807) is 0 Å². The molecular formula is C11H24N2OS. The van der Waals surface area contributed by atoms with Gasteiger partial charge in [-0.3, -0.25) is 4.90 Å². The summed E-state index contributed by atoms with van der Waals surface area (Å²) in [6.45, 7) is 10.4. The predicted molar refractivity (Wildman–Crippen MR) is 67.4 cm³/mol. The van der Waals surface area contributed by atoms with E-state index in [0.717, 1.165) is 32.0 Å². The van der Waals surface area contributed by atoms with E-state index < -0.39 is 0 Å². The predicted octanol–water partition coefficient (Wildman–Crippen LogP) is 1.18. The number of hydrogen-bond donors (Lipinski definition) is 1. The van der Waals surface area contributed by atoms with E-state index in [4.69, 9.17) is 10.5 Å². The highest BCUT2D eigenvalue weighted by molar-refractivity contribution is 7.99. The number of nitrogens with zero attached hydrogens (tertiary/aromatic N) is 1. The Bertz CT molecular complexity index is 178. The molecule has 2 unspecified atom stereocenters. The maximum Gasteiger partial charge on any atom is 0.0793 e. The smallest absolute Gasteiger partial charge is 0.0793 e. The minimum Gasteiger partial charge on any atom is -0.375 e. The third-order valence-electron chi connectivity index (χ3n) is 2.80. The molecule has 0 aliphatic carbocycles. The van der Waals surface area contributed by atoms with Gasteiger partial charge in [0.1, 0.15) is 0 Å². The molecule has 0 aromatic carbocycles. The first-order chi connectivity index (χ1) is 7.13. The Balaban J connectivity index is 2.24. The van der Waals surface area contributed by atoms with Gasteiger partial charge in [0.15, 0.2) is 0 Å². The average molecular weight is 232 g/mol. The molecule has 2 atom stereocenters. The number of rotatable bonds is 5. The minimum atomic E-state index is 0.389. The van der Waals surface area contributed by atoms with Crippen LogP contribution in [-0.2, 0) is 4.74 Å². The summed E-state index contributed by atoms with van der Waals surface area (Å²) in [5, 5.41) is 0.544. The zero-order chi connectivity index (χ0) is 11.3. The standard InChI is InChI=1S/C11H24N2OS/c1-9(2)13-4-5-14-11(7-13)8-15-10(3)6-12/h9-11H,4-8,12H2,1-3H3. The molecule has 0 saturated carbocycles. The molecule has 90 valence electrons. The van der Waals surface area contributed by atoms with Crippen LogP contribution in [0.2, 0.25) is 0 Å². The van der Waals surface area contributed by atoms with Crippen LogP contribution in [0.4, 0.5) is 0 Å². The third-order valence-corrected chi connectivity index (χ3v) is 4.12. The van der Waals surface area contributed by atoms with Crippen molar-refractivity contribution in [3.63, 3.8) is 0 Å². The molecule has 3 nitrogen and oxygen atoms in total. The Morgan fingerprint density at radius 3 is 2.80 bits per heavy atom. The Morgan fingerprint density at radius 2 is 2.20 bits per heavy atom. The van der Waals surface area contributed by atoms with Gasteiger partial charge >= 0.3 is 0 Å². The average Bonchev–Trinajstić information content (AvgIpc) is 2.26. The molecule has 1 aliphatic heterocycles. The maximum absolute atomic E-state index is 5.75. The number of morpholine rings is 1. The largest absolute Gasteiger partial charge is 0.375 e. The molecule has 0 spiro atoms. The van der Waals surface area contributed by atoms with Crippen LogP contribution >= 0.6 is 11.8 Å². The second-order valence-corrected chi connectivity index (χ2v) is 5.93. The number of ether oxygens (including phenoxy) is 1. The lowest BCUT2D eigenvalue weighted by atomic mass is 10.2. The van der Waals surface area contributed by atoms with Crippen molar-refractivity contribution in [2.75, 3.05) is 32.0 Å². The quantitative estimate of drug-likeness (QED) is 0.772. The highest BCUT2D eigenvalue weighted by Crippen LogP contribution is 2.16. The van der Waals surface area contributed by atoms with Crippen molar-refractivity contribution >= 4 is 11.8 Å². The Morgan fingerprint density at radius 1 is 1.47 bits per heavy atom. The van der Waals surface area contributed by atoms with Gasteiger partial charge in [0.25, 0.3) is 0 Å². The Labute approximate surface area is 97.7 Å². The molecule has 1 heterocycles. The molecule has 0 aromatic heterocycles. The molecule has 1 saturated heterocycles. The summed E-state index contributed by atoms with van der Waals surface area (Å²) in [7, 11) is 0. The van der Waals surface area contributed by atoms with E-state index in [1.165, 1.54) is 0 Å². The van der Waals surface area contributed by atoms with Crippen molar-refractivity contribution < 1.29 is 4.74 Å². The van der Waals surface area contributed by atoms with Crippen LogP contribution in [0, 0.1) is 0 Å². The zero-order valence-electron chi connectivity index (χ0n) is 10.1. The lowest BCUT2D eigenvalue weighted by Crippen LogP contribution is -2.46. The van der Waals surface area contributed by atoms with Crippen molar-refractivity contribution in [3.8, 4) is 0 Å². The van der Waals surface area contributed by atoms with Gasteiger partial charge in [-0.1, -0.05) is 6.92 Å². The number of hydrogen-bond acceptors (Lipinski definition) is 4. The van der Waals surface area contributed by atoms with Crippen LogP contribution < -0.4 is 5.73 Å². The van der Waals surface area contributed by atoms with E-state index in [9.17, 15) is 0 Å². The normalized spacial score (nSPS) is 25.8. The fourth-order valence-corrected chi connectivity index (χ4v) is 2.53. The van der Waals surface area contributed by atoms with Gasteiger partial charge < -0.3 is 10.5 Å². The highest BCUT2D eigenvalue weighted by Gasteiger charge is 2.22. The van der Waals surface area contributed by atoms with Crippen LogP contribution in [-0.4, -0.2) is 54.3 Å². The molecule has 2 N–H and O–H groups in total. The molecular weight excluding hydrogens is 208 g/mol. The van der Waals surface area contributed by atoms with E-state index in [-0.39, 0.29) is 0 Å². The van der Waals surface area contributed by atoms with Crippen molar-refractivity contribution in [2.45, 2.75) is 38.2 Å². The first-order valence-corrected chi connectivity index (χ1v) is 6.85. The molecule has 0 aromatic rings. The summed E-state index contributed by atoms with van der Waals surface area (Å²) in [6.07, 6.45) is 0.389. The van der Waals surface area contributed by atoms with Gasteiger partial charge in [-0.25, -0.2) is 0 Å². The summed E-state index contributed by atoms with van der Waals surface area (Å²) < 4.78 is 5.75. The molecule has 15 heavy (non-hydrogen) atoms. The zero-order valence-corrected chi connectivity index (χ0v) is 10.9. The first-order valence-electron chi connectivity index (χ1n) is 5.80. The molecule has 0 radical (unpaired) electrons. The topological polar surface area (TPSA) is 38.5 Å². The van der Waals surface area contributed by atoms with Gasteiger partial charge in [0.05, 0.1) is 12.7 Å². The summed E-state index contributed by atoms with van der Waals surface area (Å²) in [5.74, 6) is 1.07. The van der Waals surface area contributed by atoms with Crippen LogP contribution in [0.25, 0.3) is 0 Å². The number of thioether (sulfide) groups is 1. The molecule has 1 rings (SSSR count). The lowest BCUT2D eigenvalue weighted by Gasteiger charge is -2.35. The summed E-state index contributed by atoms with van der Waals surface area (Å²) in [6, 6.07) is 0.633. The van der Waals surface area contributed by atoms with Crippen LogP contribution in [0.3, 0.4) is 0 Å². The van der Waals surface area contributed by atoms with Crippen LogP contribution in [0.5, 0.6) is 0 Å². The van der Waals surface area contributed by atoms with Gasteiger partial charge in [0, 0.05) is 36.7 Å². The fraction of sp³-hybridized carbons (Fsp3) is 1.00. The van der Waals surface area contributed by atoms with Crippen LogP contribution in [0.15, 0.2) is 0 Å².